The maximum Gasteiger partial charge on any atom is 0.258 e. The molecule has 71 heavy (non-hydrogen) atoms. The molecule has 0 bridgehead atoms. The molecular formula is C51H66ClFN10O6S2. The molecule has 2 saturated heterocycles. The van der Waals surface area contributed by atoms with Crippen LogP contribution in [0.2, 0.25) is 5.02 Å². The lowest BCUT2D eigenvalue weighted by Gasteiger charge is -2.40. The molecule has 2 aromatic carbocycles. The number of amides is 4. The van der Waals surface area contributed by atoms with Crippen molar-refractivity contribution in [3.63, 3.8) is 0 Å². The first kappa shape index (κ1) is 52.2. The molecule has 2 aromatic heterocycles. The van der Waals surface area contributed by atoms with Crippen molar-refractivity contribution >= 4 is 75.8 Å². The number of nitrogens with zero attached hydrogens (tertiary/aromatic N) is 6. The predicted octanol–water partition coefficient (Wildman–Crippen LogP) is 7.35. The number of rotatable bonds is 19. The summed E-state index contributed by atoms with van der Waals surface area (Å²) in [5.41, 5.74) is 3.95. The van der Waals surface area contributed by atoms with Crippen LogP contribution in [0.3, 0.4) is 0 Å². The Hall–Kier alpha value is -5.08. The van der Waals surface area contributed by atoms with E-state index in [9.17, 15) is 19.2 Å². The van der Waals surface area contributed by atoms with Crippen molar-refractivity contribution in [2.24, 2.45) is 11.8 Å². The number of benzene rings is 2. The van der Waals surface area contributed by atoms with Crippen molar-refractivity contribution in [1.29, 1.82) is 0 Å². The maximum atomic E-state index is 15.3. The van der Waals surface area contributed by atoms with Crippen molar-refractivity contribution in [3.05, 3.63) is 76.0 Å². The number of piperazine rings is 1. The van der Waals surface area contributed by atoms with Gasteiger partial charge in [0.15, 0.2) is 5.67 Å². The Bertz CT molecular complexity index is 2530. The molecular weight excluding hydrogens is 967 g/mol. The Labute approximate surface area is 429 Å². The summed E-state index contributed by atoms with van der Waals surface area (Å²) < 4.78 is 25.8. The molecule has 2 aliphatic carbocycles. The minimum absolute atomic E-state index is 0.0444. The molecule has 0 unspecified atom stereocenters. The number of carbonyl (C=O) groups is 4. The van der Waals surface area contributed by atoms with Crippen LogP contribution < -0.4 is 26.0 Å². The van der Waals surface area contributed by atoms with Crippen LogP contribution in [-0.2, 0) is 25.7 Å². The highest BCUT2D eigenvalue weighted by Gasteiger charge is 2.54. The molecule has 4 fully saturated rings. The fourth-order valence-electron chi connectivity index (χ4n) is 9.74. The standard InChI is InChI=1S/C51H66ClFN10O6S2/c1-31-42(70-30-57-31)35-13-11-32(12-14-35)25-55-45(64)40-24-37(68-5)28-63(40)47(66)43(59-48(67)51(53)17-18-51)50(2,3)71-29-34-9-7-33(8-10-34)27-61-19-21-62(22-20-61)46(65)36-15-16-39(41(23-36)69-6)58-49-56-26-38(52)44(54-4)60-49/h11-16,23,26,30,33-34,37,40,43H,7-10,17-22,24-25,27-29H2,1-6H3,(H,55,64)(H,59,67)(H2,54,56,58,60)/t33?,34?,37-,40+,43+/m1/s1. The summed E-state index contributed by atoms with van der Waals surface area (Å²) in [5, 5.41) is 12.4. The van der Waals surface area contributed by atoms with Gasteiger partial charge in [0.1, 0.15) is 28.7 Å². The molecule has 4 aliphatic rings. The van der Waals surface area contributed by atoms with E-state index in [-0.39, 0.29) is 43.8 Å². The zero-order chi connectivity index (χ0) is 50.5. The van der Waals surface area contributed by atoms with E-state index < -0.39 is 34.3 Å². The van der Waals surface area contributed by atoms with Crippen LogP contribution in [0.5, 0.6) is 5.75 Å². The molecule has 4 N–H and O–H groups in total. The van der Waals surface area contributed by atoms with Gasteiger partial charge in [0.05, 0.1) is 41.2 Å². The van der Waals surface area contributed by atoms with Gasteiger partial charge < -0.3 is 40.5 Å². The molecule has 0 radical (unpaired) electrons. The average molecular weight is 1030 g/mol. The SMILES string of the molecule is CNc1nc(Nc2ccc(C(=O)N3CCN(CC4CCC(CSC(C)(C)[C@@H](NC(=O)C5(F)CC5)C(=O)N5C[C@H](OC)C[C@H]5C(=O)NCc5ccc(-c6scnc6C)cc5)CC4)CC3)cc2OC)ncc1Cl. The molecule has 8 rings (SSSR count). The lowest BCUT2D eigenvalue weighted by Crippen LogP contribution is -2.61. The Morgan fingerprint density at radius 2 is 1.72 bits per heavy atom. The largest absolute Gasteiger partial charge is 0.495 e. The maximum absolute atomic E-state index is 15.3. The smallest absolute Gasteiger partial charge is 0.258 e. The quantitative estimate of drug-likeness (QED) is 0.0732. The minimum atomic E-state index is -1.98. The van der Waals surface area contributed by atoms with E-state index in [4.69, 9.17) is 21.1 Å². The van der Waals surface area contributed by atoms with Crippen LogP contribution in [0.1, 0.15) is 80.4 Å². The average Bonchev–Trinajstić information content (AvgIpc) is 3.75. The van der Waals surface area contributed by atoms with Crippen molar-refractivity contribution in [2.45, 2.75) is 101 Å². The van der Waals surface area contributed by atoms with E-state index >= 15 is 4.39 Å². The lowest BCUT2D eigenvalue weighted by molar-refractivity contribution is -0.143. The number of ether oxygens (including phenoxy) is 2. The van der Waals surface area contributed by atoms with E-state index in [0.717, 1.165) is 72.8 Å². The molecule has 2 saturated carbocycles. The molecule has 16 nitrogen and oxygen atoms in total. The molecule has 382 valence electrons. The summed E-state index contributed by atoms with van der Waals surface area (Å²) in [6.45, 7) is 10.1. The van der Waals surface area contributed by atoms with Gasteiger partial charge in [-0.25, -0.2) is 14.4 Å². The monoisotopic (exact) mass is 1030 g/mol. The van der Waals surface area contributed by atoms with Crippen LogP contribution in [0.4, 0.5) is 21.8 Å². The van der Waals surface area contributed by atoms with Gasteiger partial charge in [0.2, 0.25) is 17.8 Å². The minimum Gasteiger partial charge on any atom is -0.495 e. The van der Waals surface area contributed by atoms with Gasteiger partial charge in [-0.2, -0.15) is 16.7 Å². The number of likely N-dealkylation sites (tertiary alicyclic amines) is 1. The Kier molecular flexibility index (Phi) is 16.8. The molecule has 4 heterocycles. The van der Waals surface area contributed by atoms with Crippen molar-refractivity contribution < 1.29 is 33.0 Å². The van der Waals surface area contributed by atoms with Gasteiger partial charge in [-0.3, -0.25) is 24.1 Å². The van der Waals surface area contributed by atoms with Crippen molar-refractivity contribution in [3.8, 4) is 16.2 Å². The highest BCUT2D eigenvalue weighted by molar-refractivity contribution is 8.00. The number of aryl methyl sites for hydroxylation is 1. The van der Waals surface area contributed by atoms with Crippen LogP contribution in [0.25, 0.3) is 10.4 Å². The Morgan fingerprint density at radius 1 is 1.00 bits per heavy atom. The first-order valence-corrected chi connectivity index (χ1v) is 26.7. The Morgan fingerprint density at radius 3 is 2.37 bits per heavy atom. The fourth-order valence-corrected chi connectivity index (χ4v) is 12.1. The number of anilines is 3. The van der Waals surface area contributed by atoms with Crippen molar-refractivity contribution in [2.75, 3.05) is 76.9 Å². The topological polar surface area (TPSA) is 183 Å². The zero-order valence-electron chi connectivity index (χ0n) is 41.4. The van der Waals surface area contributed by atoms with Crippen molar-refractivity contribution in [1.82, 2.24) is 40.3 Å². The second-order valence-corrected chi connectivity index (χ2v) is 22.7. The number of methoxy groups -OCH3 is 2. The summed E-state index contributed by atoms with van der Waals surface area (Å²) >= 11 is 9.35. The summed E-state index contributed by atoms with van der Waals surface area (Å²) in [6.07, 6.45) is 5.91. The molecule has 20 heteroatoms. The third-order valence-corrected chi connectivity index (χ3v) is 17.3. The normalized spacial score (nSPS) is 21.6. The van der Waals surface area contributed by atoms with E-state index in [1.165, 1.54) is 11.1 Å². The third-order valence-electron chi connectivity index (χ3n) is 14.4. The van der Waals surface area contributed by atoms with Gasteiger partial charge >= 0.3 is 0 Å². The number of thioether (sulfide) groups is 1. The number of aromatic nitrogens is 3. The number of carbonyl (C=O) groups excluding carboxylic acids is 4. The van der Waals surface area contributed by atoms with E-state index in [1.54, 1.807) is 62.6 Å². The van der Waals surface area contributed by atoms with Crippen LogP contribution >= 0.6 is 34.7 Å². The number of halogens is 2. The number of thiazole rings is 1. The third kappa shape index (κ3) is 12.6. The number of hydrogen-bond acceptors (Lipinski definition) is 14. The highest BCUT2D eigenvalue weighted by Crippen LogP contribution is 2.42. The van der Waals surface area contributed by atoms with Gasteiger partial charge in [0, 0.05) is 76.7 Å². The van der Waals surface area contributed by atoms with Crippen LogP contribution in [0.15, 0.2) is 54.2 Å². The zero-order valence-corrected chi connectivity index (χ0v) is 43.8. The molecule has 4 amide bonds. The predicted molar refractivity (Wildman–Crippen MR) is 277 cm³/mol. The first-order chi connectivity index (χ1) is 34.1. The second kappa shape index (κ2) is 22.8. The van der Waals surface area contributed by atoms with E-state index in [0.29, 0.717) is 65.1 Å². The summed E-state index contributed by atoms with van der Waals surface area (Å²) in [6, 6.07) is 11.4. The fraction of sp³-hybridized carbons (Fsp3) is 0.549. The number of hydrogen-bond donors (Lipinski definition) is 4. The van der Waals surface area contributed by atoms with Crippen LogP contribution in [-0.4, -0.2) is 148 Å². The molecule has 4 aromatic rings. The molecule has 3 atom stereocenters. The summed E-state index contributed by atoms with van der Waals surface area (Å²) in [5.74, 6) is 1.53. The van der Waals surface area contributed by atoms with Gasteiger partial charge in [0.25, 0.3) is 11.8 Å². The number of alkyl halides is 1. The van der Waals surface area contributed by atoms with Crippen LogP contribution in [0, 0.1) is 18.8 Å². The number of nitrogens with one attached hydrogen (secondary N) is 4. The summed E-state index contributed by atoms with van der Waals surface area (Å²) in [7, 11) is 4.85. The van der Waals surface area contributed by atoms with Gasteiger partial charge in [-0.15, -0.1) is 11.3 Å². The lowest BCUT2D eigenvalue weighted by atomic mass is 9.82. The highest BCUT2D eigenvalue weighted by atomic mass is 35.5. The summed E-state index contributed by atoms with van der Waals surface area (Å²) in [4.78, 5) is 75.6. The van der Waals surface area contributed by atoms with Gasteiger partial charge in [-0.05, 0) is 106 Å². The molecule has 0 spiro atoms. The first-order valence-electron chi connectivity index (χ1n) is 24.5. The second-order valence-electron chi connectivity index (χ2n) is 19.7. The van der Waals surface area contributed by atoms with E-state index in [1.807, 2.05) is 55.4 Å². The Balaban J connectivity index is 0.816. The van der Waals surface area contributed by atoms with Gasteiger partial charge in [-0.1, -0.05) is 35.9 Å². The van der Waals surface area contributed by atoms with E-state index in [2.05, 4.69) is 41.1 Å². The molecule has 2 aliphatic heterocycles.